The molecule has 0 atom stereocenters. The lowest BCUT2D eigenvalue weighted by Gasteiger charge is -2.12. The fourth-order valence-electron chi connectivity index (χ4n) is 2.68. The predicted octanol–water partition coefficient (Wildman–Crippen LogP) is 4.86. The van der Waals surface area contributed by atoms with Gasteiger partial charge in [-0.15, -0.1) is 0 Å². The molecule has 0 aliphatic heterocycles. The van der Waals surface area contributed by atoms with Crippen molar-refractivity contribution >= 4 is 11.6 Å². The fourth-order valence-corrected chi connectivity index (χ4v) is 2.68. The first-order valence-corrected chi connectivity index (χ1v) is 7.96. The summed E-state index contributed by atoms with van der Waals surface area (Å²) < 4.78 is 55.1. The fraction of sp³-hybridized carbons (Fsp3) is 0.158. The van der Waals surface area contributed by atoms with E-state index in [4.69, 9.17) is 0 Å². The van der Waals surface area contributed by atoms with Gasteiger partial charge in [-0.1, -0.05) is 18.2 Å². The van der Waals surface area contributed by atoms with E-state index in [9.17, 15) is 22.4 Å². The maximum atomic E-state index is 13.9. The lowest BCUT2D eigenvalue weighted by Crippen LogP contribution is -2.14. The summed E-state index contributed by atoms with van der Waals surface area (Å²) in [4.78, 5) is 12.5. The van der Waals surface area contributed by atoms with Crippen molar-refractivity contribution in [3.8, 4) is 11.1 Å². The molecule has 0 aliphatic carbocycles. The third-order valence-electron chi connectivity index (χ3n) is 4.08. The van der Waals surface area contributed by atoms with E-state index in [1.54, 1.807) is 18.2 Å². The summed E-state index contributed by atoms with van der Waals surface area (Å²) in [5.74, 6) is -2.24. The van der Waals surface area contributed by atoms with Gasteiger partial charge in [-0.05, 0) is 30.7 Å². The van der Waals surface area contributed by atoms with Gasteiger partial charge in [-0.25, -0.2) is 17.6 Å². The molecule has 0 saturated heterocycles. The van der Waals surface area contributed by atoms with E-state index in [0.717, 1.165) is 16.8 Å². The van der Waals surface area contributed by atoms with E-state index in [-0.39, 0.29) is 22.4 Å². The third-order valence-corrected chi connectivity index (χ3v) is 4.08. The van der Waals surface area contributed by atoms with Crippen molar-refractivity contribution in [3.63, 3.8) is 0 Å². The van der Waals surface area contributed by atoms with Gasteiger partial charge in [0, 0.05) is 30.1 Å². The van der Waals surface area contributed by atoms with Crippen molar-refractivity contribution in [1.82, 2.24) is 9.78 Å². The second kappa shape index (κ2) is 7.22. The number of carbonyl (C=O) groups excluding carboxylic acids is 1. The van der Waals surface area contributed by atoms with Gasteiger partial charge < -0.3 is 5.32 Å². The van der Waals surface area contributed by atoms with E-state index in [1.807, 2.05) is 0 Å². The van der Waals surface area contributed by atoms with Crippen molar-refractivity contribution < 1.29 is 22.4 Å². The Morgan fingerprint density at radius 1 is 1.15 bits per heavy atom. The van der Waals surface area contributed by atoms with Gasteiger partial charge in [0.2, 0.25) is 0 Å². The van der Waals surface area contributed by atoms with Gasteiger partial charge >= 0.3 is 0 Å². The number of amides is 1. The summed E-state index contributed by atoms with van der Waals surface area (Å²) >= 11 is 0. The molecule has 1 N–H and O–H groups in total. The molecule has 0 aliphatic rings. The first kappa shape index (κ1) is 18.6. The molecule has 0 spiro atoms. The topological polar surface area (TPSA) is 46.9 Å². The summed E-state index contributed by atoms with van der Waals surface area (Å²) in [5.41, 5.74) is -0.229. The summed E-state index contributed by atoms with van der Waals surface area (Å²) in [6.07, 6.45) is -1.73. The largest absolute Gasteiger partial charge is 0.321 e. The van der Waals surface area contributed by atoms with Gasteiger partial charge in [0.25, 0.3) is 12.3 Å². The number of benzene rings is 2. The van der Waals surface area contributed by atoms with Gasteiger partial charge in [-0.3, -0.25) is 9.48 Å². The Morgan fingerprint density at radius 3 is 2.41 bits per heavy atom. The number of nitrogens with zero attached hydrogens (tertiary/aromatic N) is 2. The number of hydrogen-bond acceptors (Lipinski definition) is 2. The Balaban J connectivity index is 1.99. The molecule has 27 heavy (non-hydrogen) atoms. The zero-order chi connectivity index (χ0) is 19.7. The van der Waals surface area contributed by atoms with E-state index in [0.29, 0.717) is 5.56 Å². The number of para-hydroxylation sites is 1. The number of halogens is 4. The Morgan fingerprint density at radius 2 is 1.78 bits per heavy atom. The number of nitrogens with one attached hydrogen (secondary N) is 1. The molecule has 1 amide bonds. The predicted molar refractivity (Wildman–Crippen MR) is 92.6 cm³/mol. The summed E-state index contributed by atoms with van der Waals surface area (Å²) in [5, 5.41) is 6.11. The SMILES string of the molecule is Cc1c(F)cc(-c2ccccc2NC(=O)c2cn(C)nc2C(F)F)cc1F. The van der Waals surface area contributed by atoms with E-state index >= 15 is 0 Å². The molecule has 3 aromatic rings. The zero-order valence-corrected chi connectivity index (χ0v) is 14.4. The van der Waals surface area contributed by atoms with Crippen LogP contribution in [0.15, 0.2) is 42.6 Å². The van der Waals surface area contributed by atoms with E-state index in [1.165, 1.54) is 26.2 Å². The molecule has 4 nitrogen and oxygen atoms in total. The summed E-state index contributed by atoms with van der Waals surface area (Å²) in [6.45, 7) is 1.32. The minimum atomic E-state index is -2.91. The smallest absolute Gasteiger partial charge is 0.282 e. The molecule has 8 heteroatoms. The highest BCUT2D eigenvalue weighted by Gasteiger charge is 2.23. The van der Waals surface area contributed by atoms with Crippen molar-refractivity contribution in [2.45, 2.75) is 13.3 Å². The van der Waals surface area contributed by atoms with Crippen molar-refractivity contribution in [1.29, 1.82) is 0 Å². The molecular weight excluding hydrogens is 362 g/mol. The molecule has 0 fully saturated rings. The first-order chi connectivity index (χ1) is 12.8. The highest BCUT2D eigenvalue weighted by molar-refractivity contribution is 6.06. The van der Waals surface area contributed by atoms with Crippen LogP contribution in [0.1, 0.15) is 28.0 Å². The quantitative estimate of drug-likeness (QED) is 0.660. The van der Waals surface area contributed by atoms with Crippen LogP contribution in [0.4, 0.5) is 23.2 Å². The lowest BCUT2D eigenvalue weighted by molar-refractivity contribution is 0.101. The number of anilines is 1. The van der Waals surface area contributed by atoms with Crippen LogP contribution >= 0.6 is 0 Å². The van der Waals surface area contributed by atoms with Crippen LogP contribution in [0.25, 0.3) is 11.1 Å². The van der Waals surface area contributed by atoms with Crippen molar-refractivity contribution in [2.24, 2.45) is 7.05 Å². The van der Waals surface area contributed by atoms with Crippen molar-refractivity contribution in [3.05, 3.63) is 71.1 Å². The van der Waals surface area contributed by atoms with Crippen LogP contribution in [0.5, 0.6) is 0 Å². The van der Waals surface area contributed by atoms with Crippen LogP contribution in [0.2, 0.25) is 0 Å². The maximum Gasteiger partial charge on any atom is 0.282 e. The second-order valence-electron chi connectivity index (χ2n) is 5.97. The summed E-state index contributed by atoms with van der Waals surface area (Å²) in [6, 6.07) is 8.63. The Bertz CT molecular complexity index is 991. The van der Waals surface area contributed by atoms with Crippen LogP contribution in [0.3, 0.4) is 0 Å². The maximum absolute atomic E-state index is 13.9. The van der Waals surface area contributed by atoms with Gasteiger partial charge in [0.05, 0.1) is 5.56 Å². The molecule has 0 unspecified atom stereocenters. The number of alkyl halides is 2. The molecule has 1 aromatic heterocycles. The highest BCUT2D eigenvalue weighted by atomic mass is 19.3. The van der Waals surface area contributed by atoms with Crippen molar-refractivity contribution in [2.75, 3.05) is 5.32 Å². The Hall–Kier alpha value is -3.16. The molecule has 2 aromatic carbocycles. The molecule has 0 radical (unpaired) electrons. The molecule has 1 heterocycles. The number of hydrogen-bond donors (Lipinski definition) is 1. The van der Waals surface area contributed by atoms with E-state index < -0.39 is 29.7 Å². The van der Waals surface area contributed by atoms with Crippen LogP contribution < -0.4 is 5.32 Å². The van der Waals surface area contributed by atoms with E-state index in [2.05, 4.69) is 10.4 Å². The number of rotatable bonds is 4. The number of aryl methyl sites for hydroxylation is 1. The van der Waals surface area contributed by atoms with Crippen LogP contribution in [-0.2, 0) is 7.05 Å². The van der Waals surface area contributed by atoms with Gasteiger partial charge in [0.1, 0.15) is 17.3 Å². The number of aromatic nitrogens is 2. The average molecular weight is 377 g/mol. The minimum absolute atomic E-state index is 0.114. The molecular formula is C19H15F4N3O. The zero-order valence-electron chi connectivity index (χ0n) is 14.4. The Kier molecular flexibility index (Phi) is 4.98. The molecule has 0 saturated carbocycles. The number of carbonyl (C=O) groups is 1. The third kappa shape index (κ3) is 3.69. The summed E-state index contributed by atoms with van der Waals surface area (Å²) in [7, 11) is 1.43. The normalized spacial score (nSPS) is 11.1. The lowest BCUT2D eigenvalue weighted by atomic mass is 10.0. The monoisotopic (exact) mass is 377 g/mol. The molecule has 0 bridgehead atoms. The minimum Gasteiger partial charge on any atom is -0.321 e. The standard InChI is InChI=1S/C19H15F4N3O/c1-10-14(20)7-11(8-15(10)21)12-5-3-4-6-16(12)24-19(27)13-9-26(2)25-17(13)18(22)23/h3-9,18H,1-2H3,(H,24,27). The van der Waals surface area contributed by atoms with Gasteiger partial charge in [-0.2, -0.15) is 5.10 Å². The second-order valence-corrected chi connectivity index (χ2v) is 5.97. The van der Waals surface area contributed by atoms with Crippen LogP contribution in [-0.4, -0.2) is 15.7 Å². The Labute approximate surface area is 152 Å². The highest BCUT2D eigenvalue weighted by Crippen LogP contribution is 2.31. The molecule has 3 rings (SSSR count). The first-order valence-electron chi connectivity index (χ1n) is 7.96. The van der Waals surface area contributed by atoms with Crippen LogP contribution in [0, 0.1) is 18.6 Å². The molecule has 140 valence electrons. The average Bonchev–Trinajstić information content (AvgIpc) is 3.02. The van der Waals surface area contributed by atoms with Gasteiger partial charge in [0.15, 0.2) is 0 Å².